The molecule has 0 N–H and O–H groups in total. The Labute approximate surface area is 122 Å². The predicted octanol–water partition coefficient (Wildman–Crippen LogP) is 2.31. The Hall–Kier alpha value is -2.40. The van der Waals surface area contributed by atoms with E-state index in [4.69, 9.17) is 4.74 Å². The van der Waals surface area contributed by atoms with Gasteiger partial charge in [-0.3, -0.25) is 4.98 Å². The van der Waals surface area contributed by atoms with Gasteiger partial charge in [0.15, 0.2) is 5.82 Å². The molecule has 5 nitrogen and oxygen atoms in total. The lowest BCUT2D eigenvalue weighted by Gasteiger charge is -2.33. The summed E-state index contributed by atoms with van der Waals surface area (Å²) in [7, 11) is 0. The van der Waals surface area contributed by atoms with Crippen LogP contribution >= 0.6 is 0 Å². The molecule has 0 bridgehead atoms. The minimum absolute atomic E-state index is 0.00281. The Morgan fingerprint density at radius 2 is 2.05 bits per heavy atom. The fourth-order valence-corrected chi connectivity index (χ4v) is 2.79. The zero-order valence-corrected chi connectivity index (χ0v) is 11.6. The summed E-state index contributed by atoms with van der Waals surface area (Å²) < 4.78 is 7.96. The molecule has 21 heavy (non-hydrogen) atoms. The van der Waals surface area contributed by atoms with Crippen molar-refractivity contribution < 1.29 is 4.74 Å². The van der Waals surface area contributed by atoms with Gasteiger partial charge in [0.1, 0.15) is 6.10 Å². The second-order valence-electron chi connectivity index (χ2n) is 5.11. The van der Waals surface area contributed by atoms with E-state index in [1.54, 1.807) is 0 Å². The number of anilines is 1. The number of pyridine rings is 1. The van der Waals surface area contributed by atoms with Gasteiger partial charge >= 0.3 is 0 Å². The van der Waals surface area contributed by atoms with Gasteiger partial charge in [0.25, 0.3) is 0 Å². The maximum atomic E-state index is 5.87. The van der Waals surface area contributed by atoms with Crippen molar-refractivity contribution in [2.24, 2.45) is 0 Å². The highest BCUT2D eigenvalue weighted by molar-refractivity contribution is 5.69. The average molecular weight is 280 g/mol. The van der Waals surface area contributed by atoms with Crippen LogP contribution < -0.4 is 4.90 Å². The van der Waals surface area contributed by atoms with Crippen LogP contribution in [0.2, 0.25) is 0 Å². The molecule has 0 radical (unpaired) electrons. The first-order valence-electron chi connectivity index (χ1n) is 7.11. The molecule has 0 spiro atoms. The summed E-state index contributed by atoms with van der Waals surface area (Å²) in [5.41, 5.74) is 2.10. The van der Waals surface area contributed by atoms with Crippen molar-refractivity contribution in [1.82, 2.24) is 14.4 Å². The fourth-order valence-electron chi connectivity index (χ4n) is 2.79. The summed E-state index contributed by atoms with van der Waals surface area (Å²) in [5.74, 6) is 1.01. The van der Waals surface area contributed by atoms with Crippen molar-refractivity contribution in [3.8, 4) is 0 Å². The lowest BCUT2D eigenvalue weighted by atomic mass is 10.2. The van der Waals surface area contributed by atoms with E-state index in [-0.39, 0.29) is 6.10 Å². The summed E-state index contributed by atoms with van der Waals surface area (Å²) in [6, 6.07) is 10.1. The van der Waals surface area contributed by atoms with Gasteiger partial charge in [-0.05, 0) is 24.3 Å². The molecule has 1 atom stereocenters. The highest BCUT2D eigenvalue weighted by Gasteiger charge is 2.24. The number of hydrogen-bond donors (Lipinski definition) is 0. The Bertz CT molecular complexity index is 740. The highest BCUT2D eigenvalue weighted by Crippen LogP contribution is 2.26. The van der Waals surface area contributed by atoms with Crippen LogP contribution in [-0.2, 0) is 4.74 Å². The molecule has 3 aromatic heterocycles. The average Bonchev–Trinajstić information content (AvgIpc) is 3.04. The minimum atomic E-state index is -0.00281. The summed E-state index contributed by atoms with van der Waals surface area (Å²) in [4.78, 5) is 11.2. The molecule has 4 heterocycles. The van der Waals surface area contributed by atoms with Crippen molar-refractivity contribution in [3.05, 3.63) is 60.8 Å². The van der Waals surface area contributed by atoms with Crippen LogP contribution in [0.3, 0.4) is 0 Å². The van der Waals surface area contributed by atoms with E-state index in [9.17, 15) is 0 Å². The van der Waals surface area contributed by atoms with Crippen LogP contribution in [0.5, 0.6) is 0 Å². The smallest absolute Gasteiger partial charge is 0.153 e. The molecule has 3 aromatic rings. The monoisotopic (exact) mass is 280 g/mol. The first-order valence-corrected chi connectivity index (χ1v) is 7.11. The number of fused-ring (bicyclic) bond motifs is 1. The molecule has 106 valence electrons. The third-order valence-electron chi connectivity index (χ3n) is 3.82. The SMILES string of the molecule is c1ccc([C@@H]2CN(c3nccn4cccc34)CCO2)nc1. The normalized spacial score (nSPS) is 19.0. The molecule has 1 aliphatic heterocycles. The first-order chi connectivity index (χ1) is 10.4. The molecular formula is C16H16N4O. The largest absolute Gasteiger partial charge is 0.368 e. The molecule has 0 amide bonds. The van der Waals surface area contributed by atoms with Gasteiger partial charge in [-0.15, -0.1) is 0 Å². The van der Waals surface area contributed by atoms with Crippen LogP contribution in [-0.4, -0.2) is 34.1 Å². The Morgan fingerprint density at radius 1 is 1.05 bits per heavy atom. The highest BCUT2D eigenvalue weighted by atomic mass is 16.5. The van der Waals surface area contributed by atoms with Gasteiger partial charge < -0.3 is 14.0 Å². The number of nitrogens with zero attached hydrogens (tertiary/aromatic N) is 4. The van der Waals surface area contributed by atoms with E-state index in [2.05, 4.69) is 25.3 Å². The molecule has 4 rings (SSSR count). The molecule has 5 heteroatoms. The number of hydrogen-bond acceptors (Lipinski definition) is 4. The third-order valence-corrected chi connectivity index (χ3v) is 3.82. The van der Waals surface area contributed by atoms with Gasteiger partial charge in [-0.2, -0.15) is 0 Å². The lowest BCUT2D eigenvalue weighted by molar-refractivity contribution is 0.0368. The number of aromatic nitrogens is 3. The van der Waals surface area contributed by atoms with Crippen molar-refractivity contribution >= 4 is 11.3 Å². The van der Waals surface area contributed by atoms with Gasteiger partial charge in [0.05, 0.1) is 24.4 Å². The van der Waals surface area contributed by atoms with Crippen LogP contribution in [0.4, 0.5) is 5.82 Å². The van der Waals surface area contributed by atoms with E-state index in [1.807, 2.05) is 49.1 Å². The number of ether oxygens (including phenoxy) is 1. The summed E-state index contributed by atoms with van der Waals surface area (Å²) in [5, 5.41) is 0. The molecule has 1 saturated heterocycles. The topological polar surface area (TPSA) is 42.7 Å². The van der Waals surface area contributed by atoms with E-state index < -0.39 is 0 Å². The van der Waals surface area contributed by atoms with Crippen LogP contribution in [0.25, 0.3) is 5.52 Å². The van der Waals surface area contributed by atoms with E-state index in [0.717, 1.165) is 30.1 Å². The van der Waals surface area contributed by atoms with Crippen LogP contribution in [0, 0.1) is 0 Å². The molecule has 1 aliphatic rings. The molecule has 0 aromatic carbocycles. The Morgan fingerprint density at radius 3 is 2.95 bits per heavy atom. The van der Waals surface area contributed by atoms with Crippen molar-refractivity contribution in [3.63, 3.8) is 0 Å². The third kappa shape index (κ3) is 2.25. The summed E-state index contributed by atoms with van der Waals surface area (Å²) in [6.07, 6.45) is 7.65. The van der Waals surface area contributed by atoms with Crippen LogP contribution in [0.1, 0.15) is 11.8 Å². The Balaban J connectivity index is 1.65. The first kappa shape index (κ1) is 12.3. The van der Waals surface area contributed by atoms with Gasteiger partial charge in [-0.25, -0.2) is 4.98 Å². The molecular weight excluding hydrogens is 264 g/mol. The zero-order valence-electron chi connectivity index (χ0n) is 11.6. The number of morpholine rings is 1. The predicted molar refractivity (Wildman–Crippen MR) is 80.3 cm³/mol. The quantitative estimate of drug-likeness (QED) is 0.722. The summed E-state index contributed by atoms with van der Waals surface area (Å²) in [6.45, 7) is 2.31. The van der Waals surface area contributed by atoms with Crippen molar-refractivity contribution in [2.75, 3.05) is 24.6 Å². The fraction of sp³-hybridized carbons (Fsp3) is 0.250. The second kappa shape index (κ2) is 5.18. The zero-order chi connectivity index (χ0) is 14.1. The van der Waals surface area contributed by atoms with Crippen molar-refractivity contribution in [2.45, 2.75) is 6.10 Å². The lowest BCUT2D eigenvalue weighted by Crippen LogP contribution is -2.39. The van der Waals surface area contributed by atoms with Gasteiger partial charge in [0.2, 0.25) is 0 Å². The minimum Gasteiger partial charge on any atom is -0.368 e. The molecule has 0 unspecified atom stereocenters. The van der Waals surface area contributed by atoms with E-state index >= 15 is 0 Å². The maximum absolute atomic E-state index is 5.87. The van der Waals surface area contributed by atoms with E-state index in [1.165, 1.54) is 0 Å². The maximum Gasteiger partial charge on any atom is 0.153 e. The van der Waals surface area contributed by atoms with E-state index in [0.29, 0.717) is 6.61 Å². The van der Waals surface area contributed by atoms with Crippen molar-refractivity contribution in [1.29, 1.82) is 0 Å². The summed E-state index contributed by atoms with van der Waals surface area (Å²) >= 11 is 0. The van der Waals surface area contributed by atoms with Crippen LogP contribution in [0.15, 0.2) is 55.1 Å². The molecule has 1 fully saturated rings. The molecule has 0 saturated carbocycles. The second-order valence-corrected chi connectivity index (χ2v) is 5.11. The standard InChI is InChI=1S/C16H16N4O/c1-2-6-17-13(4-1)15-12-20(10-11-21-15)16-14-5-3-8-19(14)9-7-18-16/h1-9,15H,10-12H2/t15-/m0/s1. The van der Waals surface area contributed by atoms with Gasteiger partial charge in [0, 0.05) is 31.3 Å². The number of rotatable bonds is 2. The molecule has 0 aliphatic carbocycles. The van der Waals surface area contributed by atoms with Gasteiger partial charge in [-0.1, -0.05) is 6.07 Å². The Kier molecular flexibility index (Phi) is 3.05.